The number of hydrogen-bond acceptors (Lipinski definition) is 6. The van der Waals surface area contributed by atoms with E-state index in [4.69, 9.17) is 9.47 Å². The summed E-state index contributed by atoms with van der Waals surface area (Å²) in [7, 11) is 3.63. The van der Waals surface area contributed by atoms with Gasteiger partial charge in [0.05, 0.1) is 7.11 Å². The molecule has 2 N–H and O–H groups in total. The van der Waals surface area contributed by atoms with Crippen LogP contribution < -0.4 is 14.8 Å². The van der Waals surface area contributed by atoms with E-state index in [1.165, 1.54) is 11.1 Å². The van der Waals surface area contributed by atoms with Gasteiger partial charge in [-0.05, 0) is 61.3 Å². The molecule has 176 valence electrons. The zero-order chi connectivity index (χ0) is 23.3. The van der Waals surface area contributed by atoms with Gasteiger partial charge < -0.3 is 19.9 Å². The van der Waals surface area contributed by atoms with E-state index in [9.17, 15) is 5.11 Å². The van der Waals surface area contributed by atoms with Crippen LogP contribution in [0.1, 0.15) is 23.1 Å². The highest BCUT2D eigenvalue weighted by atomic mass is 16.5. The molecule has 0 saturated carbocycles. The molecule has 1 atom stereocenters. The van der Waals surface area contributed by atoms with E-state index in [0.29, 0.717) is 18.0 Å². The lowest BCUT2D eigenvalue weighted by Gasteiger charge is -2.21. The second kappa shape index (κ2) is 13.6. The van der Waals surface area contributed by atoms with Crippen molar-refractivity contribution in [1.82, 2.24) is 15.2 Å². The molecule has 1 aromatic heterocycles. The standard InChI is InChI=1S/C27H35N3O3/c1-30(19-23-8-4-3-5-9-23)20-25(31)21-33-27-16-24(12-13-26(27)32-2)18-29-15-7-11-22-10-6-14-28-17-22/h3-6,8-10,12-14,16-17,25,29,31H,7,11,15,18-21H2,1-2H3/t25-/m0/s1. The van der Waals surface area contributed by atoms with Crippen LogP contribution in [0.2, 0.25) is 0 Å². The fourth-order valence-corrected chi connectivity index (χ4v) is 3.70. The summed E-state index contributed by atoms with van der Waals surface area (Å²) in [5.41, 5.74) is 3.59. The minimum Gasteiger partial charge on any atom is -0.493 e. The molecule has 33 heavy (non-hydrogen) atoms. The van der Waals surface area contributed by atoms with Crippen molar-refractivity contribution in [3.05, 3.63) is 89.7 Å². The largest absolute Gasteiger partial charge is 0.493 e. The monoisotopic (exact) mass is 449 g/mol. The Morgan fingerprint density at radius 1 is 1.00 bits per heavy atom. The summed E-state index contributed by atoms with van der Waals surface area (Å²) < 4.78 is 11.4. The van der Waals surface area contributed by atoms with E-state index < -0.39 is 6.10 Å². The fourth-order valence-electron chi connectivity index (χ4n) is 3.70. The molecule has 2 aromatic carbocycles. The molecule has 1 heterocycles. The van der Waals surface area contributed by atoms with Crippen molar-refractivity contribution in [2.45, 2.75) is 32.0 Å². The Balaban J connectivity index is 1.42. The fraction of sp³-hybridized carbons (Fsp3) is 0.370. The third-order valence-corrected chi connectivity index (χ3v) is 5.35. The molecule has 6 heteroatoms. The number of benzene rings is 2. The zero-order valence-corrected chi connectivity index (χ0v) is 19.6. The van der Waals surface area contributed by atoms with Gasteiger partial charge in [0.25, 0.3) is 0 Å². The number of aryl methyl sites for hydroxylation is 1. The maximum Gasteiger partial charge on any atom is 0.161 e. The van der Waals surface area contributed by atoms with Crippen molar-refractivity contribution in [2.24, 2.45) is 0 Å². The summed E-state index contributed by atoms with van der Waals surface area (Å²) in [6.07, 6.45) is 5.17. The molecule has 0 radical (unpaired) electrons. The Morgan fingerprint density at radius 3 is 2.58 bits per heavy atom. The van der Waals surface area contributed by atoms with Crippen LogP contribution >= 0.6 is 0 Å². The summed E-state index contributed by atoms with van der Waals surface area (Å²) in [6, 6.07) is 20.2. The van der Waals surface area contributed by atoms with Gasteiger partial charge in [-0.1, -0.05) is 42.5 Å². The maximum absolute atomic E-state index is 10.5. The van der Waals surface area contributed by atoms with E-state index in [1.54, 1.807) is 13.3 Å². The Kier molecular flexibility index (Phi) is 10.2. The van der Waals surface area contributed by atoms with Crippen LogP contribution in [-0.4, -0.2) is 54.9 Å². The Morgan fingerprint density at radius 2 is 1.82 bits per heavy atom. The minimum atomic E-state index is -0.599. The quantitative estimate of drug-likeness (QED) is 0.366. The van der Waals surface area contributed by atoms with Crippen LogP contribution in [0.3, 0.4) is 0 Å². The molecule has 0 saturated heterocycles. The number of nitrogens with zero attached hydrogens (tertiary/aromatic N) is 2. The van der Waals surface area contributed by atoms with Crippen molar-refractivity contribution in [1.29, 1.82) is 0 Å². The normalized spacial score (nSPS) is 12.0. The highest BCUT2D eigenvalue weighted by Crippen LogP contribution is 2.28. The van der Waals surface area contributed by atoms with Gasteiger partial charge in [0.2, 0.25) is 0 Å². The lowest BCUT2D eigenvalue weighted by Crippen LogP contribution is -2.32. The van der Waals surface area contributed by atoms with Crippen molar-refractivity contribution in [3.63, 3.8) is 0 Å². The average Bonchev–Trinajstić information content (AvgIpc) is 2.84. The van der Waals surface area contributed by atoms with Gasteiger partial charge in [-0.25, -0.2) is 0 Å². The number of aromatic nitrogens is 1. The number of aliphatic hydroxyl groups is 1. The van der Waals surface area contributed by atoms with Crippen molar-refractivity contribution in [3.8, 4) is 11.5 Å². The van der Waals surface area contributed by atoms with Crippen LogP contribution in [0.25, 0.3) is 0 Å². The summed E-state index contributed by atoms with van der Waals surface area (Å²) in [6.45, 7) is 3.18. The molecule has 0 spiro atoms. The number of nitrogens with one attached hydrogen (secondary N) is 1. The predicted octanol–water partition coefficient (Wildman–Crippen LogP) is 3.68. The van der Waals surface area contributed by atoms with Crippen molar-refractivity contribution in [2.75, 3.05) is 33.9 Å². The van der Waals surface area contributed by atoms with E-state index >= 15 is 0 Å². The summed E-state index contributed by atoms with van der Waals surface area (Å²) in [5.74, 6) is 1.32. The topological polar surface area (TPSA) is 66.8 Å². The first kappa shape index (κ1) is 24.7. The summed E-state index contributed by atoms with van der Waals surface area (Å²) in [5, 5.41) is 13.9. The number of ether oxygens (including phenoxy) is 2. The van der Waals surface area contributed by atoms with Gasteiger partial charge in [-0.2, -0.15) is 0 Å². The molecule has 0 amide bonds. The second-order valence-electron chi connectivity index (χ2n) is 8.27. The number of rotatable bonds is 14. The van der Waals surface area contributed by atoms with Crippen LogP contribution in [0, 0.1) is 0 Å². The number of hydrogen-bond donors (Lipinski definition) is 2. The highest BCUT2D eigenvalue weighted by molar-refractivity contribution is 5.43. The first-order valence-electron chi connectivity index (χ1n) is 11.4. The van der Waals surface area contributed by atoms with Gasteiger partial charge in [-0.3, -0.25) is 9.88 Å². The first-order chi connectivity index (χ1) is 16.1. The van der Waals surface area contributed by atoms with E-state index in [-0.39, 0.29) is 6.61 Å². The van der Waals surface area contributed by atoms with Crippen molar-refractivity contribution < 1.29 is 14.6 Å². The lowest BCUT2D eigenvalue weighted by atomic mass is 10.1. The third-order valence-electron chi connectivity index (χ3n) is 5.35. The molecule has 0 aliphatic carbocycles. The van der Waals surface area contributed by atoms with Crippen LogP contribution in [-0.2, 0) is 19.5 Å². The third kappa shape index (κ3) is 8.85. The average molecular weight is 450 g/mol. The molecule has 0 aliphatic rings. The number of methoxy groups -OCH3 is 1. The lowest BCUT2D eigenvalue weighted by molar-refractivity contribution is 0.0732. The Labute approximate surface area is 197 Å². The van der Waals surface area contributed by atoms with Crippen LogP contribution in [0.15, 0.2) is 73.1 Å². The molecule has 0 fully saturated rings. The molecule has 0 aliphatic heterocycles. The van der Waals surface area contributed by atoms with E-state index in [0.717, 1.165) is 38.0 Å². The smallest absolute Gasteiger partial charge is 0.161 e. The molecule has 0 bridgehead atoms. The molecular weight excluding hydrogens is 414 g/mol. The van der Waals surface area contributed by atoms with Gasteiger partial charge in [0.1, 0.15) is 12.7 Å². The summed E-state index contributed by atoms with van der Waals surface area (Å²) >= 11 is 0. The summed E-state index contributed by atoms with van der Waals surface area (Å²) in [4.78, 5) is 6.24. The molecule has 3 rings (SSSR count). The molecular formula is C27H35N3O3. The van der Waals surface area contributed by atoms with E-state index in [2.05, 4.69) is 33.4 Å². The van der Waals surface area contributed by atoms with Gasteiger partial charge >= 0.3 is 0 Å². The minimum absolute atomic E-state index is 0.206. The predicted molar refractivity (Wildman–Crippen MR) is 132 cm³/mol. The molecule has 6 nitrogen and oxygen atoms in total. The zero-order valence-electron chi connectivity index (χ0n) is 19.6. The van der Waals surface area contributed by atoms with Gasteiger partial charge in [-0.15, -0.1) is 0 Å². The Hall–Kier alpha value is -2.93. The highest BCUT2D eigenvalue weighted by Gasteiger charge is 2.12. The molecule has 0 unspecified atom stereocenters. The number of likely N-dealkylation sites (N-methyl/N-ethyl adjacent to an activating group) is 1. The van der Waals surface area contributed by atoms with Gasteiger partial charge in [0, 0.05) is 32.0 Å². The van der Waals surface area contributed by atoms with Crippen LogP contribution in [0.5, 0.6) is 11.5 Å². The SMILES string of the molecule is COc1ccc(CNCCCc2cccnc2)cc1OC[C@@H](O)CN(C)Cc1ccccc1. The second-order valence-corrected chi connectivity index (χ2v) is 8.27. The first-order valence-corrected chi connectivity index (χ1v) is 11.4. The van der Waals surface area contributed by atoms with Gasteiger partial charge in [0.15, 0.2) is 11.5 Å². The van der Waals surface area contributed by atoms with Crippen LogP contribution in [0.4, 0.5) is 0 Å². The maximum atomic E-state index is 10.5. The number of aliphatic hydroxyl groups excluding tert-OH is 1. The number of pyridine rings is 1. The van der Waals surface area contributed by atoms with Crippen molar-refractivity contribution >= 4 is 0 Å². The Bertz CT molecular complexity index is 938. The van der Waals surface area contributed by atoms with E-state index in [1.807, 2.05) is 55.7 Å². The molecule has 3 aromatic rings.